The number of fused-ring (bicyclic) bond motifs is 1. The van der Waals surface area contributed by atoms with Gasteiger partial charge in [-0.2, -0.15) is 0 Å². The lowest BCUT2D eigenvalue weighted by Crippen LogP contribution is -2.09. The van der Waals surface area contributed by atoms with E-state index in [0.29, 0.717) is 16.9 Å². The Morgan fingerprint density at radius 3 is 2.31 bits per heavy atom. The molecule has 3 rings (SSSR count). The van der Waals surface area contributed by atoms with Crippen molar-refractivity contribution in [2.75, 3.05) is 13.4 Å². The summed E-state index contributed by atoms with van der Waals surface area (Å²) in [5.41, 5.74) is 0.849. The van der Waals surface area contributed by atoms with Crippen LogP contribution in [0.15, 0.2) is 60.7 Å². The number of benzene rings is 3. The van der Waals surface area contributed by atoms with Gasteiger partial charge in [0.2, 0.25) is 0 Å². The van der Waals surface area contributed by atoms with Crippen LogP contribution >= 0.6 is 0 Å². The minimum Gasteiger partial charge on any atom is -0.497 e. The van der Waals surface area contributed by atoms with E-state index in [0.717, 1.165) is 22.8 Å². The molecule has 0 aliphatic rings. The molecule has 0 unspecified atom stereocenters. The first-order valence-corrected chi connectivity index (χ1v) is 9.97. The first-order chi connectivity index (χ1) is 12.3. The molecule has 0 aliphatic carbocycles. The molecule has 0 fully saturated rings. The van der Waals surface area contributed by atoms with Crippen LogP contribution in [0.25, 0.3) is 10.8 Å². The van der Waals surface area contributed by atoms with Crippen molar-refractivity contribution in [3.05, 3.63) is 71.8 Å². The summed E-state index contributed by atoms with van der Waals surface area (Å²) < 4.78 is 33.5. The van der Waals surface area contributed by atoms with E-state index in [-0.39, 0.29) is 5.75 Å². The summed E-state index contributed by atoms with van der Waals surface area (Å²) in [6.45, 7) is 0. The largest absolute Gasteiger partial charge is 0.497 e. The van der Waals surface area contributed by atoms with Gasteiger partial charge in [0.1, 0.15) is 11.5 Å². The van der Waals surface area contributed by atoms with Crippen LogP contribution in [0, 0.1) is 0 Å². The van der Waals surface area contributed by atoms with Gasteiger partial charge in [-0.15, -0.1) is 0 Å². The van der Waals surface area contributed by atoms with Gasteiger partial charge in [-0.3, -0.25) is 0 Å². The Bertz CT molecular complexity index is 1070. The number of ether oxygens (including phenoxy) is 2. The van der Waals surface area contributed by atoms with E-state index >= 15 is 0 Å². The van der Waals surface area contributed by atoms with Gasteiger partial charge in [-0.25, -0.2) is 13.2 Å². The zero-order valence-corrected chi connectivity index (χ0v) is 15.2. The van der Waals surface area contributed by atoms with Crippen LogP contribution in [0.2, 0.25) is 0 Å². The lowest BCUT2D eigenvalue weighted by Gasteiger charge is -2.08. The van der Waals surface area contributed by atoms with E-state index in [1.807, 2.05) is 24.3 Å². The molecule has 0 saturated heterocycles. The Balaban J connectivity index is 1.83. The highest BCUT2D eigenvalue weighted by Crippen LogP contribution is 2.25. The van der Waals surface area contributed by atoms with Crippen molar-refractivity contribution >= 4 is 26.6 Å². The standard InChI is InChI=1S/C20H18O5S/c1-24-18-8-6-15-7-9-19(12-17(15)11-18)25-20(21)16-5-3-4-14(10-16)13-26(2,22)23/h3-12H,13H2,1-2H3. The first kappa shape index (κ1) is 17.9. The highest BCUT2D eigenvalue weighted by molar-refractivity contribution is 7.89. The zero-order chi connectivity index (χ0) is 18.7. The second kappa shape index (κ2) is 7.17. The van der Waals surface area contributed by atoms with E-state index in [9.17, 15) is 13.2 Å². The third-order valence-electron chi connectivity index (χ3n) is 3.82. The predicted molar refractivity (Wildman–Crippen MR) is 100 cm³/mol. The molecule has 0 radical (unpaired) electrons. The molecule has 0 bridgehead atoms. The van der Waals surface area contributed by atoms with Gasteiger partial charge in [0.25, 0.3) is 0 Å². The Morgan fingerprint density at radius 2 is 1.62 bits per heavy atom. The summed E-state index contributed by atoms with van der Waals surface area (Å²) in [5, 5.41) is 1.89. The molecular weight excluding hydrogens is 352 g/mol. The third kappa shape index (κ3) is 4.40. The molecule has 5 nitrogen and oxygen atoms in total. The van der Waals surface area contributed by atoms with Gasteiger partial charge in [0, 0.05) is 6.26 Å². The summed E-state index contributed by atoms with van der Waals surface area (Å²) in [6, 6.07) is 17.4. The van der Waals surface area contributed by atoms with Crippen LogP contribution in [0.4, 0.5) is 0 Å². The summed E-state index contributed by atoms with van der Waals surface area (Å²) in [5.74, 6) is 0.463. The van der Waals surface area contributed by atoms with Gasteiger partial charge in [-0.05, 0) is 52.7 Å². The van der Waals surface area contributed by atoms with Gasteiger partial charge in [0.15, 0.2) is 9.84 Å². The number of hydrogen-bond donors (Lipinski definition) is 0. The van der Waals surface area contributed by atoms with E-state index < -0.39 is 15.8 Å². The van der Waals surface area contributed by atoms with E-state index in [2.05, 4.69) is 0 Å². The first-order valence-electron chi connectivity index (χ1n) is 7.91. The average molecular weight is 370 g/mol. The van der Waals surface area contributed by atoms with Crippen molar-refractivity contribution in [3.63, 3.8) is 0 Å². The molecule has 0 N–H and O–H groups in total. The van der Waals surface area contributed by atoms with Crippen LogP contribution in [-0.4, -0.2) is 27.8 Å². The van der Waals surface area contributed by atoms with Gasteiger partial charge >= 0.3 is 5.97 Å². The van der Waals surface area contributed by atoms with Crippen molar-refractivity contribution in [2.45, 2.75) is 5.75 Å². The molecule has 0 aromatic heterocycles. The molecule has 6 heteroatoms. The second-order valence-corrected chi connectivity index (χ2v) is 8.18. The molecule has 3 aromatic rings. The Morgan fingerprint density at radius 1 is 0.923 bits per heavy atom. The number of methoxy groups -OCH3 is 1. The van der Waals surface area contributed by atoms with Crippen molar-refractivity contribution in [3.8, 4) is 11.5 Å². The van der Waals surface area contributed by atoms with Crippen molar-refractivity contribution in [2.24, 2.45) is 0 Å². The summed E-state index contributed by atoms with van der Waals surface area (Å²) in [4.78, 5) is 12.4. The number of sulfone groups is 1. The maximum atomic E-state index is 12.4. The van der Waals surface area contributed by atoms with Gasteiger partial charge in [-0.1, -0.05) is 24.3 Å². The highest BCUT2D eigenvalue weighted by Gasteiger charge is 2.12. The molecule has 26 heavy (non-hydrogen) atoms. The predicted octanol–water partition coefficient (Wildman–Crippen LogP) is 3.61. The van der Waals surface area contributed by atoms with Crippen LogP contribution in [0.5, 0.6) is 11.5 Å². The number of carbonyl (C=O) groups is 1. The highest BCUT2D eigenvalue weighted by atomic mass is 32.2. The van der Waals surface area contributed by atoms with Crippen molar-refractivity contribution in [1.82, 2.24) is 0 Å². The molecule has 0 aliphatic heterocycles. The maximum Gasteiger partial charge on any atom is 0.343 e. The topological polar surface area (TPSA) is 69.7 Å². The SMILES string of the molecule is COc1ccc2ccc(OC(=O)c3cccc(CS(C)(=O)=O)c3)cc2c1. The minimum absolute atomic E-state index is 0.121. The monoisotopic (exact) mass is 370 g/mol. The Kier molecular flexibility index (Phi) is 4.95. The van der Waals surface area contributed by atoms with E-state index in [4.69, 9.17) is 9.47 Å². The van der Waals surface area contributed by atoms with Crippen molar-refractivity contribution < 1.29 is 22.7 Å². The molecule has 0 saturated carbocycles. The molecule has 0 spiro atoms. The minimum atomic E-state index is -3.17. The summed E-state index contributed by atoms with van der Waals surface area (Å²) in [7, 11) is -1.58. The number of hydrogen-bond acceptors (Lipinski definition) is 5. The maximum absolute atomic E-state index is 12.4. The Labute approximate surface area is 152 Å². The lowest BCUT2D eigenvalue weighted by atomic mass is 10.1. The fourth-order valence-electron chi connectivity index (χ4n) is 2.65. The van der Waals surface area contributed by atoms with Crippen LogP contribution in [-0.2, 0) is 15.6 Å². The summed E-state index contributed by atoms with van der Waals surface area (Å²) >= 11 is 0. The molecule has 0 atom stereocenters. The third-order valence-corrected chi connectivity index (χ3v) is 4.68. The lowest BCUT2D eigenvalue weighted by molar-refractivity contribution is 0.0735. The van der Waals surface area contributed by atoms with Gasteiger partial charge < -0.3 is 9.47 Å². The fourth-order valence-corrected chi connectivity index (χ4v) is 3.44. The van der Waals surface area contributed by atoms with E-state index in [1.54, 1.807) is 37.4 Å². The number of carbonyl (C=O) groups excluding carboxylic acids is 1. The fraction of sp³-hybridized carbons (Fsp3) is 0.150. The smallest absolute Gasteiger partial charge is 0.343 e. The zero-order valence-electron chi connectivity index (χ0n) is 14.4. The quantitative estimate of drug-likeness (QED) is 0.507. The normalized spacial score (nSPS) is 11.3. The van der Waals surface area contributed by atoms with E-state index in [1.165, 1.54) is 6.07 Å². The van der Waals surface area contributed by atoms with Crippen molar-refractivity contribution in [1.29, 1.82) is 0 Å². The second-order valence-electron chi connectivity index (χ2n) is 6.03. The molecule has 3 aromatic carbocycles. The van der Waals surface area contributed by atoms with Crippen LogP contribution in [0.1, 0.15) is 15.9 Å². The average Bonchev–Trinajstić information content (AvgIpc) is 2.59. The molecule has 0 amide bonds. The number of esters is 1. The van der Waals surface area contributed by atoms with Crippen LogP contribution < -0.4 is 9.47 Å². The Hall–Kier alpha value is -2.86. The van der Waals surface area contributed by atoms with Crippen LogP contribution in [0.3, 0.4) is 0 Å². The summed E-state index contributed by atoms with van der Waals surface area (Å²) in [6.07, 6.45) is 1.15. The molecular formula is C20H18O5S. The molecule has 0 heterocycles. The molecule has 134 valence electrons. The van der Waals surface area contributed by atoms with Gasteiger partial charge in [0.05, 0.1) is 18.4 Å². The number of rotatable bonds is 5.